The number of allylic oxidation sites excluding steroid dienone is 1. The lowest BCUT2D eigenvalue weighted by atomic mass is 9.69. The SMILES string of the molecule is CC1(C)CCN(C(C)(C)C)C=C1C(=O)c1ccc(N2CCN(c3ccc(C(=O)C4CN(C(C)(C)C)CCC4(C)C)cc3)CC2)cc1. The van der Waals surface area contributed by atoms with Crippen LogP contribution in [0.5, 0.6) is 0 Å². The Balaban J connectivity index is 1.20. The maximum Gasteiger partial charge on any atom is 0.191 e. The van der Waals surface area contributed by atoms with Gasteiger partial charge in [-0.05, 0) is 120 Å². The number of hydrogen-bond donors (Lipinski definition) is 0. The standard InChI is InChI=1S/C40H58N4O2/c1-37(2,3)43-21-19-39(7,8)33(27-43)35(45)29-11-15-31(16-12-29)41-23-25-42(26-24-41)32-17-13-30(14-18-32)36(46)34-28-44(38(4,5)6)22-20-40(34,9)10/h11-18,27,34H,19-26,28H2,1-10H3. The predicted molar refractivity (Wildman–Crippen MR) is 192 cm³/mol. The van der Waals surface area contributed by atoms with Crippen molar-refractivity contribution in [3.8, 4) is 0 Å². The number of piperidine rings is 1. The van der Waals surface area contributed by atoms with Crippen molar-refractivity contribution in [2.75, 3.05) is 55.6 Å². The molecule has 5 rings (SSSR count). The van der Waals surface area contributed by atoms with E-state index in [0.29, 0.717) is 0 Å². The Kier molecular flexibility index (Phi) is 9.29. The van der Waals surface area contributed by atoms with Gasteiger partial charge in [-0.15, -0.1) is 0 Å². The molecule has 0 amide bonds. The molecule has 1 unspecified atom stereocenters. The van der Waals surface area contributed by atoms with Crippen LogP contribution in [0.15, 0.2) is 60.3 Å². The highest BCUT2D eigenvalue weighted by Gasteiger charge is 2.42. The van der Waals surface area contributed by atoms with E-state index >= 15 is 0 Å². The Bertz CT molecular complexity index is 1430. The third-order valence-electron chi connectivity index (χ3n) is 11.0. The van der Waals surface area contributed by atoms with Crippen molar-refractivity contribution in [1.29, 1.82) is 0 Å². The summed E-state index contributed by atoms with van der Waals surface area (Å²) in [6.07, 6.45) is 4.12. The van der Waals surface area contributed by atoms with Gasteiger partial charge in [0.1, 0.15) is 0 Å². The molecule has 2 aromatic rings. The third-order valence-corrected chi connectivity index (χ3v) is 11.0. The predicted octanol–water partition coefficient (Wildman–Crippen LogP) is 7.94. The Hall–Kier alpha value is -3.12. The molecule has 250 valence electrons. The second-order valence-electron chi connectivity index (χ2n) is 17.2. The topological polar surface area (TPSA) is 47.1 Å². The first-order chi connectivity index (χ1) is 21.4. The lowest BCUT2D eigenvalue weighted by Crippen LogP contribution is -2.54. The van der Waals surface area contributed by atoms with E-state index < -0.39 is 0 Å². The fourth-order valence-corrected chi connectivity index (χ4v) is 7.27. The number of Topliss-reactive ketones (excluding diaryl/α,β-unsaturated/α-hetero) is 2. The van der Waals surface area contributed by atoms with Crippen LogP contribution >= 0.6 is 0 Å². The molecule has 0 N–H and O–H groups in total. The number of ketones is 2. The number of benzene rings is 2. The molecular formula is C40H58N4O2. The van der Waals surface area contributed by atoms with E-state index in [1.807, 2.05) is 24.3 Å². The molecule has 0 radical (unpaired) electrons. The summed E-state index contributed by atoms with van der Waals surface area (Å²) >= 11 is 0. The van der Waals surface area contributed by atoms with Crippen molar-refractivity contribution in [3.05, 3.63) is 71.4 Å². The van der Waals surface area contributed by atoms with Crippen molar-refractivity contribution >= 4 is 22.9 Å². The molecule has 0 aromatic heterocycles. The number of likely N-dealkylation sites (tertiary alicyclic amines) is 1. The average Bonchev–Trinajstić information content (AvgIpc) is 2.99. The van der Waals surface area contributed by atoms with Crippen LogP contribution in [0.1, 0.15) is 103 Å². The van der Waals surface area contributed by atoms with Gasteiger partial charge >= 0.3 is 0 Å². The van der Waals surface area contributed by atoms with E-state index in [2.05, 4.69) is 119 Å². The first-order valence-electron chi connectivity index (χ1n) is 17.4. The molecule has 0 saturated carbocycles. The molecule has 6 heteroatoms. The van der Waals surface area contributed by atoms with Crippen LogP contribution in [-0.2, 0) is 0 Å². The normalized spacial score (nSPS) is 22.4. The number of nitrogens with zero attached hydrogens (tertiary/aromatic N) is 4. The largest absolute Gasteiger partial charge is 0.372 e. The number of anilines is 2. The second-order valence-corrected chi connectivity index (χ2v) is 17.2. The van der Waals surface area contributed by atoms with Gasteiger partial charge in [0.05, 0.1) is 0 Å². The summed E-state index contributed by atoms with van der Waals surface area (Å²) in [6.45, 7) is 28.7. The third kappa shape index (κ3) is 7.22. The average molecular weight is 627 g/mol. The van der Waals surface area contributed by atoms with Crippen molar-refractivity contribution in [2.45, 2.75) is 93.2 Å². The summed E-state index contributed by atoms with van der Waals surface area (Å²) in [5.74, 6) is 0.406. The highest BCUT2D eigenvalue weighted by Crippen LogP contribution is 2.41. The zero-order chi connectivity index (χ0) is 33.7. The van der Waals surface area contributed by atoms with Gasteiger partial charge in [-0.25, -0.2) is 0 Å². The summed E-state index contributed by atoms with van der Waals surface area (Å²) in [4.78, 5) is 37.0. The van der Waals surface area contributed by atoms with Crippen LogP contribution < -0.4 is 9.80 Å². The van der Waals surface area contributed by atoms with Gasteiger partial charge in [-0.1, -0.05) is 27.7 Å². The minimum atomic E-state index is -0.140. The molecule has 2 saturated heterocycles. The zero-order valence-electron chi connectivity index (χ0n) is 30.2. The van der Waals surface area contributed by atoms with Gasteiger partial charge in [0.2, 0.25) is 0 Å². The van der Waals surface area contributed by atoms with E-state index in [9.17, 15) is 9.59 Å². The van der Waals surface area contributed by atoms with Crippen molar-refractivity contribution in [1.82, 2.24) is 9.80 Å². The Morgan fingerprint density at radius 3 is 1.63 bits per heavy atom. The lowest BCUT2D eigenvalue weighted by Gasteiger charge is -2.48. The maximum absolute atomic E-state index is 13.7. The molecule has 2 fully saturated rings. The van der Waals surface area contributed by atoms with E-state index in [4.69, 9.17) is 0 Å². The fraction of sp³-hybridized carbons (Fsp3) is 0.600. The molecule has 1 atom stereocenters. The number of piperazine rings is 1. The Labute approximate surface area is 278 Å². The summed E-state index contributed by atoms with van der Waals surface area (Å²) in [5.41, 5.74) is 4.73. The summed E-state index contributed by atoms with van der Waals surface area (Å²) < 4.78 is 0. The van der Waals surface area contributed by atoms with Crippen molar-refractivity contribution in [3.63, 3.8) is 0 Å². The van der Waals surface area contributed by atoms with E-state index in [1.54, 1.807) is 0 Å². The zero-order valence-corrected chi connectivity index (χ0v) is 30.2. The molecule has 3 aliphatic heterocycles. The Morgan fingerprint density at radius 2 is 1.15 bits per heavy atom. The summed E-state index contributed by atoms with van der Waals surface area (Å²) in [6, 6.07) is 16.5. The maximum atomic E-state index is 13.7. The van der Waals surface area contributed by atoms with Crippen LogP contribution in [0.2, 0.25) is 0 Å². The smallest absolute Gasteiger partial charge is 0.191 e. The molecule has 46 heavy (non-hydrogen) atoms. The minimum absolute atomic E-state index is 0.000570. The summed E-state index contributed by atoms with van der Waals surface area (Å²) in [5, 5.41) is 0. The van der Waals surface area contributed by atoms with Gasteiger partial charge in [0.15, 0.2) is 11.6 Å². The fourth-order valence-electron chi connectivity index (χ4n) is 7.27. The monoisotopic (exact) mass is 626 g/mol. The van der Waals surface area contributed by atoms with Gasteiger partial charge in [-0.3, -0.25) is 14.5 Å². The van der Waals surface area contributed by atoms with Crippen LogP contribution in [0.4, 0.5) is 11.4 Å². The van der Waals surface area contributed by atoms with Crippen molar-refractivity contribution < 1.29 is 9.59 Å². The molecule has 0 aliphatic carbocycles. The molecule has 6 nitrogen and oxygen atoms in total. The van der Waals surface area contributed by atoms with Crippen LogP contribution in [0.25, 0.3) is 0 Å². The second kappa shape index (κ2) is 12.5. The van der Waals surface area contributed by atoms with Gasteiger partial charge in [0.25, 0.3) is 0 Å². The molecule has 3 aliphatic rings. The minimum Gasteiger partial charge on any atom is -0.372 e. The van der Waals surface area contributed by atoms with E-state index in [0.717, 1.165) is 81.0 Å². The van der Waals surface area contributed by atoms with Crippen LogP contribution in [-0.4, -0.2) is 78.3 Å². The van der Waals surface area contributed by atoms with Gasteiger partial charge < -0.3 is 14.7 Å². The number of hydrogen-bond acceptors (Lipinski definition) is 6. The molecule has 3 heterocycles. The number of rotatable bonds is 6. The van der Waals surface area contributed by atoms with Crippen molar-refractivity contribution in [2.24, 2.45) is 16.7 Å². The van der Waals surface area contributed by atoms with E-state index in [1.165, 1.54) is 5.69 Å². The highest BCUT2D eigenvalue weighted by atomic mass is 16.1. The van der Waals surface area contributed by atoms with Crippen LogP contribution in [0, 0.1) is 16.7 Å². The first kappa shape index (κ1) is 34.2. The summed E-state index contributed by atoms with van der Waals surface area (Å²) in [7, 11) is 0. The van der Waals surface area contributed by atoms with Gasteiger partial charge in [0, 0.05) is 90.5 Å². The number of carbonyl (C=O) groups excluding carboxylic acids is 2. The molecule has 2 aromatic carbocycles. The van der Waals surface area contributed by atoms with E-state index in [-0.39, 0.29) is 39.4 Å². The van der Waals surface area contributed by atoms with Crippen LogP contribution in [0.3, 0.4) is 0 Å². The highest BCUT2D eigenvalue weighted by molar-refractivity contribution is 6.09. The quantitative estimate of drug-likeness (QED) is 0.304. The Morgan fingerprint density at radius 1 is 0.652 bits per heavy atom. The van der Waals surface area contributed by atoms with Gasteiger partial charge in [-0.2, -0.15) is 0 Å². The molecular weight excluding hydrogens is 568 g/mol. The number of carbonyl (C=O) groups is 2. The first-order valence-corrected chi connectivity index (χ1v) is 17.4. The molecule has 0 spiro atoms. The molecule has 0 bridgehead atoms. The lowest BCUT2D eigenvalue weighted by molar-refractivity contribution is 0.0126.